The minimum Gasteiger partial charge on any atom is -0.337 e. The summed E-state index contributed by atoms with van der Waals surface area (Å²) in [4.78, 5) is 14.0. The molecule has 5 heteroatoms. The Kier molecular flexibility index (Phi) is 4.35. The number of nitrogens with one attached hydrogen (secondary N) is 1. The largest absolute Gasteiger partial charge is 0.337 e. The summed E-state index contributed by atoms with van der Waals surface area (Å²) < 4.78 is 13.5. The predicted octanol–water partition coefficient (Wildman–Crippen LogP) is 1.95. The standard InChI is InChI=1S/C13H16BrFN2O/c1-9-8-16-4-5-17(9)13(18)7-10-2-3-12(15)11(14)6-10/h2-3,6,9,16H,4-5,7-8H2,1H3/t9-/m1/s1. The van der Waals surface area contributed by atoms with Crippen molar-refractivity contribution in [3.63, 3.8) is 0 Å². The quantitative estimate of drug-likeness (QED) is 0.905. The fourth-order valence-corrected chi connectivity index (χ4v) is 2.56. The third-order valence-corrected chi connectivity index (χ3v) is 3.77. The van der Waals surface area contributed by atoms with Crippen LogP contribution in [0.2, 0.25) is 0 Å². The lowest BCUT2D eigenvalue weighted by atomic mass is 10.1. The first-order chi connectivity index (χ1) is 8.58. The molecule has 18 heavy (non-hydrogen) atoms. The summed E-state index contributed by atoms with van der Waals surface area (Å²) in [5.74, 6) is -0.204. The molecule has 3 nitrogen and oxygen atoms in total. The van der Waals surface area contributed by atoms with Crippen molar-refractivity contribution in [3.8, 4) is 0 Å². The molecule has 1 atom stereocenters. The van der Waals surface area contributed by atoms with Crippen LogP contribution in [0.4, 0.5) is 4.39 Å². The van der Waals surface area contributed by atoms with Crippen LogP contribution in [0.1, 0.15) is 12.5 Å². The highest BCUT2D eigenvalue weighted by Crippen LogP contribution is 2.18. The number of amides is 1. The highest BCUT2D eigenvalue weighted by Gasteiger charge is 2.22. The first-order valence-corrected chi connectivity index (χ1v) is 6.81. The average molecular weight is 315 g/mol. The van der Waals surface area contributed by atoms with Gasteiger partial charge in [0.2, 0.25) is 5.91 Å². The van der Waals surface area contributed by atoms with E-state index in [0.29, 0.717) is 10.9 Å². The van der Waals surface area contributed by atoms with E-state index in [9.17, 15) is 9.18 Å². The first kappa shape index (κ1) is 13.5. The second-order valence-corrected chi connectivity index (χ2v) is 5.42. The van der Waals surface area contributed by atoms with Crippen LogP contribution in [0.15, 0.2) is 22.7 Å². The highest BCUT2D eigenvalue weighted by atomic mass is 79.9. The van der Waals surface area contributed by atoms with Crippen molar-refractivity contribution in [2.45, 2.75) is 19.4 Å². The first-order valence-electron chi connectivity index (χ1n) is 6.02. The molecule has 0 aliphatic carbocycles. The summed E-state index contributed by atoms with van der Waals surface area (Å²) in [6.45, 7) is 4.44. The summed E-state index contributed by atoms with van der Waals surface area (Å²) in [5.41, 5.74) is 0.832. The molecular formula is C13H16BrFN2O. The molecule has 0 aromatic heterocycles. The van der Waals surface area contributed by atoms with Gasteiger partial charge in [0.1, 0.15) is 5.82 Å². The van der Waals surface area contributed by atoms with Gasteiger partial charge in [-0.2, -0.15) is 0 Å². The van der Waals surface area contributed by atoms with Crippen molar-refractivity contribution in [2.24, 2.45) is 0 Å². The van der Waals surface area contributed by atoms with Crippen LogP contribution >= 0.6 is 15.9 Å². The van der Waals surface area contributed by atoms with Crippen molar-refractivity contribution in [1.82, 2.24) is 10.2 Å². The molecule has 1 fully saturated rings. The zero-order chi connectivity index (χ0) is 13.1. The second-order valence-electron chi connectivity index (χ2n) is 4.57. The van der Waals surface area contributed by atoms with Crippen LogP contribution in [0, 0.1) is 5.82 Å². The molecule has 0 spiro atoms. The fraction of sp³-hybridized carbons (Fsp3) is 0.462. The van der Waals surface area contributed by atoms with Crippen LogP contribution in [-0.2, 0) is 11.2 Å². The predicted molar refractivity (Wildman–Crippen MR) is 71.8 cm³/mol. The molecule has 0 bridgehead atoms. The topological polar surface area (TPSA) is 32.3 Å². The Hall–Kier alpha value is -0.940. The lowest BCUT2D eigenvalue weighted by molar-refractivity contribution is -0.133. The van der Waals surface area contributed by atoms with Gasteiger partial charge >= 0.3 is 0 Å². The Morgan fingerprint density at radius 1 is 1.61 bits per heavy atom. The summed E-state index contributed by atoms with van der Waals surface area (Å²) in [6, 6.07) is 4.92. The van der Waals surface area contributed by atoms with Crippen molar-refractivity contribution in [1.29, 1.82) is 0 Å². The summed E-state index contributed by atoms with van der Waals surface area (Å²) in [6.07, 6.45) is 0.323. The summed E-state index contributed by atoms with van der Waals surface area (Å²) >= 11 is 3.13. The molecule has 1 heterocycles. The molecule has 1 N–H and O–H groups in total. The normalized spacial score (nSPS) is 19.9. The van der Waals surface area contributed by atoms with Gasteiger partial charge in [-0.3, -0.25) is 4.79 Å². The molecule has 1 aromatic carbocycles. The third-order valence-electron chi connectivity index (χ3n) is 3.16. The van der Waals surface area contributed by atoms with Crippen LogP contribution in [0.25, 0.3) is 0 Å². The minimum absolute atomic E-state index is 0.0995. The summed E-state index contributed by atoms with van der Waals surface area (Å²) in [7, 11) is 0. The van der Waals surface area contributed by atoms with Gasteiger partial charge in [-0.05, 0) is 40.5 Å². The SMILES string of the molecule is C[C@@H]1CNCCN1C(=O)Cc1ccc(F)c(Br)c1. The van der Waals surface area contributed by atoms with E-state index in [1.165, 1.54) is 6.07 Å². The van der Waals surface area contributed by atoms with E-state index in [1.54, 1.807) is 12.1 Å². The number of benzene rings is 1. The number of carbonyl (C=O) groups is 1. The Bertz CT molecular complexity index is 453. The van der Waals surface area contributed by atoms with E-state index in [4.69, 9.17) is 0 Å². The van der Waals surface area contributed by atoms with E-state index in [1.807, 2.05) is 11.8 Å². The molecule has 98 valence electrons. The number of rotatable bonds is 2. The van der Waals surface area contributed by atoms with Gasteiger partial charge in [0.15, 0.2) is 0 Å². The van der Waals surface area contributed by atoms with Gasteiger partial charge in [-0.25, -0.2) is 4.39 Å². The van der Waals surface area contributed by atoms with Crippen LogP contribution in [-0.4, -0.2) is 36.5 Å². The molecular weight excluding hydrogens is 299 g/mol. The maximum atomic E-state index is 13.1. The number of hydrogen-bond acceptors (Lipinski definition) is 2. The maximum absolute atomic E-state index is 13.1. The van der Waals surface area contributed by atoms with E-state index < -0.39 is 0 Å². The van der Waals surface area contributed by atoms with Crippen LogP contribution in [0.3, 0.4) is 0 Å². The Morgan fingerprint density at radius 3 is 3.06 bits per heavy atom. The molecule has 1 saturated heterocycles. The molecule has 2 rings (SSSR count). The van der Waals surface area contributed by atoms with Crippen molar-refractivity contribution in [3.05, 3.63) is 34.1 Å². The average Bonchev–Trinajstić information content (AvgIpc) is 2.34. The zero-order valence-electron chi connectivity index (χ0n) is 10.2. The maximum Gasteiger partial charge on any atom is 0.227 e. The number of piperazine rings is 1. The van der Waals surface area contributed by atoms with Crippen LogP contribution in [0.5, 0.6) is 0 Å². The Labute approximate surface area is 114 Å². The van der Waals surface area contributed by atoms with Gasteiger partial charge in [-0.15, -0.1) is 0 Å². The smallest absolute Gasteiger partial charge is 0.227 e. The van der Waals surface area contributed by atoms with Crippen molar-refractivity contribution < 1.29 is 9.18 Å². The number of carbonyl (C=O) groups excluding carboxylic acids is 1. The Balaban J connectivity index is 2.04. The number of halogens is 2. The molecule has 0 saturated carbocycles. The van der Waals surface area contributed by atoms with E-state index in [-0.39, 0.29) is 17.8 Å². The van der Waals surface area contributed by atoms with E-state index in [0.717, 1.165) is 25.2 Å². The van der Waals surface area contributed by atoms with E-state index in [2.05, 4.69) is 21.2 Å². The highest BCUT2D eigenvalue weighted by molar-refractivity contribution is 9.10. The minimum atomic E-state index is -0.304. The summed E-state index contributed by atoms with van der Waals surface area (Å²) in [5, 5.41) is 3.25. The fourth-order valence-electron chi connectivity index (χ4n) is 2.14. The lowest BCUT2D eigenvalue weighted by Crippen LogP contribution is -2.52. The van der Waals surface area contributed by atoms with Crippen molar-refractivity contribution >= 4 is 21.8 Å². The number of nitrogens with zero attached hydrogens (tertiary/aromatic N) is 1. The van der Waals surface area contributed by atoms with Gasteiger partial charge < -0.3 is 10.2 Å². The molecule has 0 unspecified atom stereocenters. The van der Waals surface area contributed by atoms with Gasteiger partial charge in [0.25, 0.3) is 0 Å². The zero-order valence-corrected chi connectivity index (χ0v) is 11.8. The van der Waals surface area contributed by atoms with Gasteiger partial charge in [-0.1, -0.05) is 6.07 Å². The number of hydrogen-bond donors (Lipinski definition) is 1. The third kappa shape index (κ3) is 3.09. The monoisotopic (exact) mass is 314 g/mol. The van der Waals surface area contributed by atoms with Crippen LogP contribution < -0.4 is 5.32 Å². The van der Waals surface area contributed by atoms with E-state index >= 15 is 0 Å². The Morgan fingerprint density at radius 2 is 2.39 bits per heavy atom. The second kappa shape index (κ2) is 5.80. The van der Waals surface area contributed by atoms with Gasteiger partial charge in [0, 0.05) is 25.7 Å². The molecule has 1 aliphatic heterocycles. The molecule has 0 radical (unpaired) electrons. The lowest BCUT2D eigenvalue weighted by Gasteiger charge is -2.34. The molecule has 1 amide bonds. The molecule has 1 aromatic rings. The van der Waals surface area contributed by atoms with Crippen molar-refractivity contribution in [2.75, 3.05) is 19.6 Å². The molecule has 1 aliphatic rings. The van der Waals surface area contributed by atoms with Gasteiger partial charge in [0.05, 0.1) is 10.9 Å².